The van der Waals surface area contributed by atoms with E-state index < -0.39 is 0 Å². The molecule has 0 saturated carbocycles. The smallest absolute Gasteiger partial charge is 0.0300 e. The summed E-state index contributed by atoms with van der Waals surface area (Å²) >= 11 is 0. The van der Waals surface area contributed by atoms with Crippen LogP contribution in [0, 0.1) is 24.2 Å². The molecular formula is C12H25. The number of hydrogen-bond acceptors (Lipinski definition) is 0. The minimum absolute atomic E-state index is 0.510. The van der Waals surface area contributed by atoms with Gasteiger partial charge in [-0.2, -0.15) is 0 Å². The lowest BCUT2D eigenvalue weighted by molar-refractivity contribution is 0.140. The largest absolute Gasteiger partial charge is 0.0654 e. The summed E-state index contributed by atoms with van der Waals surface area (Å²) in [6.07, 6.45) is 3.91. The lowest BCUT2D eigenvalue weighted by Gasteiger charge is -2.37. The van der Waals surface area contributed by atoms with Crippen LogP contribution in [0.4, 0.5) is 0 Å². The quantitative estimate of drug-likeness (QED) is 0.575. The SMILES string of the molecule is [CH2]C(C)C(C)C(C)(CC)CCC. The normalized spacial score (nSPS) is 19.2. The molecule has 0 N–H and O–H groups in total. The fraction of sp³-hybridized carbons (Fsp3) is 0.917. The number of hydrogen-bond donors (Lipinski definition) is 0. The Morgan fingerprint density at radius 1 is 1.25 bits per heavy atom. The molecule has 0 aromatic rings. The van der Waals surface area contributed by atoms with Crippen LogP contribution < -0.4 is 0 Å². The van der Waals surface area contributed by atoms with Gasteiger partial charge in [0.25, 0.3) is 0 Å². The third kappa shape index (κ3) is 2.80. The van der Waals surface area contributed by atoms with Crippen molar-refractivity contribution >= 4 is 0 Å². The third-order valence-electron chi connectivity index (χ3n) is 3.58. The van der Waals surface area contributed by atoms with Crippen LogP contribution in [0.2, 0.25) is 0 Å². The van der Waals surface area contributed by atoms with Gasteiger partial charge < -0.3 is 0 Å². The molecule has 0 aliphatic rings. The van der Waals surface area contributed by atoms with Gasteiger partial charge in [-0.3, -0.25) is 0 Å². The van der Waals surface area contributed by atoms with Gasteiger partial charge >= 0.3 is 0 Å². The van der Waals surface area contributed by atoms with Crippen LogP contribution >= 0.6 is 0 Å². The maximum Gasteiger partial charge on any atom is -0.0300 e. The fourth-order valence-corrected chi connectivity index (χ4v) is 1.98. The molecule has 12 heavy (non-hydrogen) atoms. The van der Waals surface area contributed by atoms with Gasteiger partial charge in [-0.05, 0) is 23.7 Å². The van der Waals surface area contributed by atoms with Gasteiger partial charge in [-0.25, -0.2) is 0 Å². The van der Waals surface area contributed by atoms with Crippen molar-refractivity contribution in [3.63, 3.8) is 0 Å². The second kappa shape index (κ2) is 4.89. The maximum atomic E-state index is 4.13. The van der Waals surface area contributed by atoms with Gasteiger partial charge in [0.15, 0.2) is 0 Å². The highest BCUT2D eigenvalue weighted by Gasteiger charge is 2.29. The highest BCUT2D eigenvalue weighted by molar-refractivity contribution is 4.82. The summed E-state index contributed by atoms with van der Waals surface area (Å²) < 4.78 is 0. The lowest BCUT2D eigenvalue weighted by Crippen LogP contribution is -2.28. The summed E-state index contributed by atoms with van der Waals surface area (Å²) in [6.45, 7) is 15.7. The van der Waals surface area contributed by atoms with Gasteiger partial charge in [0.05, 0.1) is 0 Å². The van der Waals surface area contributed by atoms with Gasteiger partial charge in [0.2, 0.25) is 0 Å². The van der Waals surface area contributed by atoms with Crippen molar-refractivity contribution in [2.45, 2.75) is 53.9 Å². The van der Waals surface area contributed by atoms with Gasteiger partial charge in [0, 0.05) is 0 Å². The Balaban J connectivity index is 4.28. The van der Waals surface area contributed by atoms with Crippen LogP contribution in [-0.4, -0.2) is 0 Å². The molecule has 0 aromatic heterocycles. The Hall–Kier alpha value is 0. The molecule has 0 heteroatoms. The first kappa shape index (κ1) is 12.0. The summed E-state index contributed by atoms with van der Waals surface area (Å²) in [4.78, 5) is 0. The van der Waals surface area contributed by atoms with E-state index in [-0.39, 0.29) is 0 Å². The Morgan fingerprint density at radius 3 is 2.00 bits per heavy atom. The summed E-state index contributed by atoms with van der Waals surface area (Å²) in [5, 5.41) is 0. The van der Waals surface area contributed by atoms with Crippen molar-refractivity contribution in [3.05, 3.63) is 6.92 Å². The molecule has 0 spiro atoms. The molecule has 0 saturated heterocycles. The summed E-state index contributed by atoms with van der Waals surface area (Å²) in [5.41, 5.74) is 0.510. The zero-order valence-electron chi connectivity index (χ0n) is 9.48. The van der Waals surface area contributed by atoms with E-state index in [0.717, 1.165) is 5.92 Å². The summed E-state index contributed by atoms with van der Waals surface area (Å²) in [7, 11) is 0. The Labute approximate surface area is 78.8 Å². The van der Waals surface area contributed by atoms with E-state index in [2.05, 4.69) is 41.5 Å². The van der Waals surface area contributed by atoms with E-state index in [4.69, 9.17) is 0 Å². The molecule has 3 atom stereocenters. The predicted molar refractivity (Wildman–Crippen MR) is 57.0 cm³/mol. The third-order valence-corrected chi connectivity index (χ3v) is 3.58. The second-order valence-electron chi connectivity index (χ2n) is 4.52. The van der Waals surface area contributed by atoms with E-state index in [1.807, 2.05) is 0 Å². The van der Waals surface area contributed by atoms with E-state index in [1.54, 1.807) is 0 Å². The van der Waals surface area contributed by atoms with Crippen molar-refractivity contribution < 1.29 is 0 Å². The zero-order chi connectivity index (χ0) is 9.78. The zero-order valence-corrected chi connectivity index (χ0v) is 9.48. The van der Waals surface area contributed by atoms with Crippen molar-refractivity contribution in [1.82, 2.24) is 0 Å². The molecule has 0 aliphatic heterocycles. The lowest BCUT2D eigenvalue weighted by atomic mass is 9.68. The molecule has 0 nitrogen and oxygen atoms in total. The molecule has 0 rings (SSSR count). The molecule has 0 fully saturated rings. The van der Waals surface area contributed by atoms with Crippen molar-refractivity contribution in [2.24, 2.45) is 17.3 Å². The first-order valence-electron chi connectivity index (χ1n) is 5.31. The maximum absolute atomic E-state index is 4.13. The Bertz CT molecular complexity index is 115. The predicted octanol–water partition coefficient (Wildman–Crippen LogP) is 4.31. The average Bonchev–Trinajstić information content (AvgIpc) is 2.03. The topological polar surface area (TPSA) is 0 Å². The molecule has 0 aromatic carbocycles. The number of rotatable bonds is 5. The van der Waals surface area contributed by atoms with Crippen LogP contribution in [0.3, 0.4) is 0 Å². The van der Waals surface area contributed by atoms with E-state index in [0.29, 0.717) is 11.3 Å². The second-order valence-corrected chi connectivity index (χ2v) is 4.52. The molecule has 3 unspecified atom stereocenters. The average molecular weight is 169 g/mol. The molecule has 73 valence electrons. The molecule has 0 aliphatic carbocycles. The van der Waals surface area contributed by atoms with E-state index >= 15 is 0 Å². The van der Waals surface area contributed by atoms with Crippen LogP contribution in [0.1, 0.15) is 53.9 Å². The molecule has 0 amide bonds. The molecule has 1 radical (unpaired) electrons. The standard InChI is InChI=1S/C12H25/c1-7-9-12(6,8-2)11(5)10(3)4/h10-11H,3,7-9H2,1-2,4-6H3. The van der Waals surface area contributed by atoms with Gasteiger partial charge in [-0.15, -0.1) is 0 Å². The first-order valence-corrected chi connectivity index (χ1v) is 5.31. The van der Waals surface area contributed by atoms with Gasteiger partial charge in [-0.1, -0.05) is 54.4 Å². The molecule has 0 bridgehead atoms. The molecular weight excluding hydrogens is 144 g/mol. The van der Waals surface area contributed by atoms with Crippen LogP contribution in [0.25, 0.3) is 0 Å². The van der Waals surface area contributed by atoms with Crippen LogP contribution in [-0.2, 0) is 0 Å². The highest BCUT2D eigenvalue weighted by atomic mass is 14.3. The van der Waals surface area contributed by atoms with Gasteiger partial charge in [0.1, 0.15) is 0 Å². The highest BCUT2D eigenvalue weighted by Crippen LogP contribution is 2.39. The van der Waals surface area contributed by atoms with Crippen LogP contribution in [0.5, 0.6) is 0 Å². The first-order chi connectivity index (χ1) is 5.48. The summed E-state index contributed by atoms with van der Waals surface area (Å²) in [5.74, 6) is 1.31. The minimum Gasteiger partial charge on any atom is -0.0654 e. The Morgan fingerprint density at radius 2 is 1.75 bits per heavy atom. The summed E-state index contributed by atoms with van der Waals surface area (Å²) in [6, 6.07) is 0. The fourth-order valence-electron chi connectivity index (χ4n) is 1.98. The van der Waals surface area contributed by atoms with Crippen molar-refractivity contribution in [1.29, 1.82) is 0 Å². The van der Waals surface area contributed by atoms with Crippen molar-refractivity contribution in [2.75, 3.05) is 0 Å². The minimum atomic E-state index is 0.510. The molecule has 0 heterocycles. The Kier molecular flexibility index (Phi) is 4.89. The van der Waals surface area contributed by atoms with E-state index in [9.17, 15) is 0 Å². The van der Waals surface area contributed by atoms with Crippen LogP contribution in [0.15, 0.2) is 0 Å². The van der Waals surface area contributed by atoms with Crippen molar-refractivity contribution in [3.8, 4) is 0 Å². The van der Waals surface area contributed by atoms with E-state index in [1.165, 1.54) is 19.3 Å². The monoisotopic (exact) mass is 169 g/mol.